The number of para-hydroxylation sites is 1. The predicted octanol–water partition coefficient (Wildman–Crippen LogP) is 3.59. The molecule has 4 nitrogen and oxygen atoms in total. The molecule has 1 aromatic carbocycles. The van der Waals surface area contributed by atoms with Crippen LogP contribution in [0.2, 0.25) is 0 Å². The topological polar surface area (TPSA) is 66.4 Å². The van der Waals surface area contributed by atoms with Crippen LogP contribution in [0.1, 0.15) is 39.2 Å². The Bertz CT molecular complexity index is 599. The molecule has 0 radical (unpaired) electrons. The summed E-state index contributed by atoms with van der Waals surface area (Å²) in [6.45, 7) is 6.25. The summed E-state index contributed by atoms with van der Waals surface area (Å²) in [5.74, 6) is -2.29. The Kier molecular flexibility index (Phi) is 4.69. The molecular formula is C18H23NO3. The van der Waals surface area contributed by atoms with Crippen LogP contribution < -0.4 is 5.32 Å². The van der Waals surface area contributed by atoms with E-state index >= 15 is 0 Å². The number of amides is 1. The second kappa shape index (κ2) is 6.34. The van der Waals surface area contributed by atoms with Crippen LogP contribution in [-0.4, -0.2) is 17.0 Å². The van der Waals surface area contributed by atoms with Gasteiger partial charge in [-0.15, -0.1) is 0 Å². The lowest BCUT2D eigenvalue weighted by atomic mass is 9.82. The molecule has 1 aromatic rings. The van der Waals surface area contributed by atoms with Gasteiger partial charge in [0.25, 0.3) is 0 Å². The molecule has 118 valence electrons. The van der Waals surface area contributed by atoms with Crippen molar-refractivity contribution in [3.8, 4) is 0 Å². The molecule has 22 heavy (non-hydrogen) atoms. The van der Waals surface area contributed by atoms with Gasteiger partial charge < -0.3 is 10.4 Å². The van der Waals surface area contributed by atoms with Crippen molar-refractivity contribution in [2.24, 2.45) is 11.8 Å². The summed E-state index contributed by atoms with van der Waals surface area (Å²) >= 11 is 0. The monoisotopic (exact) mass is 301 g/mol. The molecule has 1 aliphatic rings. The highest BCUT2D eigenvalue weighted by Crippen LogP contribution is 2.31. The normalized spacial score (nSPS) is 21.4. The van der Waals surface area contributed by atoms with Crippen molar-refractivity contribution in [3.05, 3.63) is 42.0 Å². The minimum Gasteiger partial charge on any atom is -0.481 e. The first kappa shape index (κ1) is 16.3. The molecule has 4 heteroatoms. The number of carbonyl (C=O) groups excluding carboxylic acids is 1. The van der Waals surface area contributed by atoms with Crippen LogP contribution in [0.15, 0.2) is 36.4 Å². The van der Waals surface area contributed by atoms with Crippen LogP contribution in [0.4, 0.5) is 5.69 Å². The van der Waals surface area contributed by atoms with Gasteiger partial charge in [0, 0.05) is 5.69 Å². The van der Waals surface area contributed by atoms with E-state index in [1.807, 2.05) is 36.4 Å². The minimum atomic E-state index is -0.909. The lowest BCUT2D eigenvalue weighted by molar-refractivity contribution is -0.146. The summed E-state index contributed by atoms with van der Waals surface area (Å²) in [5.41, 5.74) is 1.71. The minimum absolute atomic E-state index is 0.0947. The first-order valence-electron chi connectivity index (χ1n) is 7.59. The molecule has 0 heterocycles. The van der Waals surface area contributed by atoms with E-state index in [0.717, 1.165) is 11.3 Å². The highest BCUT2D eigenvalue weighted by molar-refractivity contribution is 5.96. The van der Waals surface area contributed by atoms with Gasteiger partial charge in [-0.05, 0) is 29.9 Å². The lowest BCUT2D eigenvalue weighted by Gasteiger charge is -2.27. The number of benzene rings is 1. The summed E-state index contributed by atoms with van der Waals surface area (Å²) in [4.78, 5) is 23.9. The molecule has 2 N–H and O–H groups in total. The average molecular weight is 301 g/mol. The Morgan fingerprint density at radius 1 is 1.09 bits per heavy atom. The molecule has 0 saturated carbocycles. The molecule has 1 aliphatic carbocycles. The van der Waals surface area contributed by atoms with E-state index in [1.165, 1.54) is 0 Å². The van der Waals surface area contributed by atoms with Crippen molar-refractivity contribution in [1.29, 1.82) is 0 Å². The Labute approximate surface area is 131 Å². The fourth-order valence-electron chi connectivity index (χ4n) is 2.85. The van der Waals surface area contributed by atoms with E-state index in [-0.39, 0.29) is 11.3 Å². The van der Waals surface area contributed by atoms with E-state index in [4.69, 9.17) is 0 Å². The molecule has 2 atom stereocenters. The summed E-state index contributed by atoms with van der Waals surface area (Å²) < 4.78 is 0. The van der Waals surface area contributed by atoms with Gasteiger partial charge in [-0.2, -0.15) is 0 Å². The van der Waals surface area contributed by atoms with Gasteiger partial charge >= 0.3 is 5.97 Å². The number of hydrogen-bond acceptors (Lipinski definition) is 2. The molecule has 0 saturated heterocycles. The van der Waals surface area contributed by atoms with Gasteiger partial charge in [-0.3, -0.25) is 9.59 Å². The maximum Gasteiger partial charge on any atom is 0.307 e. The summed E-state index contributed by atoms with van der Waals surface area (Å²) in [7, 11) is 0. The van der Waals surface area contributed by atoms with E-state index in [1.54, 1.807) is 0 Å². The third-order valence-corrected chi connectivity index (χ3v) is 4.08. The summed E-state index contributed by atoms with van der Waals surface area (Å²) in [5, 5.41) is 12.2. The van der Waals surface area contributed by atoms with E-state index in [2.05, 4.69) is 26.1 Å². The van der Waals surface area contributed by atoms with Crippen molar-refractivity contribution in [2.75, 3.05) is 5.32 Å². The fraction of sp³-hybridized carbons (Fsp3) is 0.444. The quantitative estimate of drug-likeness (QED) is 0.838. The van der Waals surface area contributed by atoms with E-state index in [9.17, 15) is 14.7 Å². The van der Waals surface area contributed by atoms with Crippen LogP contribution >= 0.6 is 0 Å². The molecule has 0 fully saturated rings. The van der Waals surface area contributed by atoms with Gasteiger partial charge in [-0.25, -0.2) is 0 Å². The molecular weight excluding hydrogens is 278 g/mol. The van der Waals surface area contributed by atoms with Gasteiger partial charge in [0.1, 0.15) is 0 Å². The van der Waals surface area contributed by atoms with Gasteiger partial charge in [0.05, 0.1) is 11.8 Å². The molecule has 0 bridgehead atoms. The van der Waals surface area contributed by atoms with Crippen LogP contribution in [0.3, 0.4) is 0 Å². The molecule has 1 amide bonds. The number of nitrogens with one attached hydrogen (secondary N) is 1. The first-order chi connectivity index (χ1) is 10.3. The second-order valence-corrected chi connectivity index (χ2v) is 6.78. The fourth-order valence-corrected chi connectivity index (χ4v) is 2.85. The molecule has 0 aromatic heterocycles. The highest BCUT2D eigenvalue weighted by atomic mass is 16.4. The van der Waals surface area contributed by atoms with Crippen molar-refractivity contribution >= 4 is 17.6 Å². The maximum absolute atomic E-state index is 12.6. The number of allylic oxidation sites excluding steroid dienone is 2. The zero-order valence-electron chi connectivity index (χ0n) is 13.3. The number of hydrogen-bond donors (Lipinski definition) is 2. The summed E-state index contributed by atoms with van der Waals surface area (Å²) in [6.07, 6.45) is 4.61. The smallest absolute Gasteiger partial charge is 0.307 e. The third-order valence-electron chi connectivity index (χ3n) is 4.08. The Hall–Kier alpha value is -2.10. The molecule has 0 aliphatic heterocycles. The molecule has 2 rings (SSSR count). The van der Waals surface area contributed by atoms with Crippen molar-refractivity contribution < 1.29 is 14.7 Å². The van der Waals surface area contributed by atoms with Crippen LogP contribution in [0, 0.1) is 11.8 Å². The van der Waals surface area contributed by atoms with Crippen LogP contribution in [-0.2, 0) is 15.0 Å². The standard InChI is InChI=1S/C18H23NO3/c1-18(2,3)14-10-6-7-11-15(14)19-16(20)12-8-4-5-9-13(12)17(21)22/h4-7,10-13H,8-9H2,1-3H3,(H,19,20)(H,21,22). The number of carbonyl (C=O) groups is 2. The van der Waals surface area contributed by atoms with Gasteiger partial charge in [0.2, 0.25) is 5.91 Å². The number of carboxylic acids is 1. The number of aliphatic carboxylic acids is 1. The number of rotatable bonds is 3. The second-order valence-electron chi connectivity index (χ2n) is 6.78. The molecule has 2 unspecified atom stereocenters. The SMILES string of the molecule is CC(C)(C)c1ccccc1NC(=O)C1CC=CCC1C(=O)O. The summed E-state index contributed by atoms with van der Waals surface area (Å²) in [6, 6.07) is 7.68. The van der Waals surface area contributed by atoms with Gasteiger partial charge in [-0.1, -0.05) is 51.1 Å². The van der Waals surface area contributed by atoms with E-state index < -0.39 is 17.8 Å². The number of anilines is 1. The zero-order valence-corrected chi connectivity index (χ0v) is 13.3. The lowest BCUT2D eigenvalue weighted by Crippen LogP contribution is -2.35. The van der Waals surface area contributed by atoms with Crippen molar-refractivity contribution in [3.63, 3.8) is 0 Å². The van der Waals surface area contributed by atoms with Crippen LogP contribution in [0.25, 0.3) is 0 Å². The average Bonchev–Trinajstić information content (AvgIpc) is 2.46. The predicted molar refractivity (Wildman–Crippen MR) is 86.8 cm³/mol. The van der Waals surface area contributed by atoms with Crippen molar-refractivity contribution in [1.82, 2.24) is 0 Å². The Morgan fingerprint density at radius 2 is 1.68 bits per heavy atom. The van der Waals surface area contributed by atoms with Crippen LogP contribution in [0.5, 0.6) is 0 Å². The Balaban J connectivity index is 2.22. The third kappa shape index (κ3) is 3.56. The Morgan fingerprint density at radius 3 is 2.27 bits per heavy atom. The zero-order chi connectivity index (χ0) is 16.3. The number of carboxylic acid groups (broad SMARTS) is 1. The maximum atomic E-state index is 12.6. The largest absolute Gasteiger partial charge is 0.481 e. The molecule has 0 spiro atoms. The highest BCUT2D eigenvalue weighted by Gasteiger charge is 2.34. The van der Waals surface area contributed by atoms with Gasteiger partial charge in [0.15, 0.2) is 0 Å². The van der Waals surface area contributed by atoms with E-state index in [0.29, 0.717) is 12.8 Å². The first-order valence-corrected chi connectivity index (χ1v) is 7.59. The van der Waals surface area contributed by atoms with Crippen molar-refractivity contribution in [2.45, 2.75) is 39.0 Å².